The van der Waals surface area contributed by atoms with Crippen LogP contribution in [-0.2, 0) is 15.8 Å². The molecule has 0 spiro atoms. The summed E-state index contributed by atoms with van der Waals surface area (Å²) in [6.45, 7) is 8.18. The van der Waals surface area contributed by atoms with Crippen LogP contribution >= 0.6 is 0 Å². The number of sulfonamides is 1. The molecule has 4 rings (SSSR count). The first-order chi connectivity index (χ1) is 15.7. The maximum atomic E-state index is 13.1. The first-order valence-corrected chi connectivity index (χ1v) is 12.9. The predicted octanol–water partition coefficient (Wildman–Crippen LogP) is 3.73. The van der Waals surface area contributed by atoms with E-state index in [-0.39, 0.29) is 11.5 Å². The van der Waals surface area contributed by atoms with Crippen LogP contribution in [0.5, 0.6) is 0 Å². The quantitative estimate of drug-likeness (QED) is 0.499. The van der Waals surface area contributed by atoms with E-state index < -0.39 is 10.0 Å². The molecule has 1 saturated heterocycles. The molecule has 1 aliphatic rings. The Balaban J connectivity index is 1.37. The smallest absolute Gasteiger partial charge is 0.218 e. The van der Waals surface area contributed by atoms with Crippen molar-refractivity contribution in [1.29, 1.82) is 0 Å². The van der Waals surface area contributed by atoms with Crippen molar-refractivity contribution in [1.82, 2.24) is 13.8 Å². The first-order valence-electron chi connectivity index (χ1n) is 11.3. The lowest BCUT2D eigenvalue weighted by Crippen LogP contribution is -2.50. The summed E-state index contributed by atoms with van der Waals surface area (Å²) in [5, 5.41) is 0. The van der Waals surface area contributed by atoms with Crippen molar-refractivity contribution in [3.63, 3.8) is 0 Å². The SMILES string of the molecule is Cc1ccc(CS(=O)(=O)N2CCN(CC(=O)c3cc(C)n(-c4ccccc4)c3C)CC2)cc1. The van der Waals surface area contributed by atoms with E-state index in [0.717, 1.165) is 33.8 Å². The highest BCUT2D eigenvalue weighted by Gasteiger charge is 2.28. The Bertz CT molecular complexity index is 1220. The average Bonchev–Trinajstić information content (AvgIpc) is 3.10. The van der Waals surface area contributed by atoms with Gasteiger partial charge in [-0.05, 0) is 44.5 Å². The molecule has 1 fully saturated rings. The molecule has 3 aromatic rings. The number of carbonyl (C=O) groups is 1. The highest BCUT2D eigenvalue weighted by atomic mass is 32.2. The summed E-state index contributed by atoms with van der Waals surface area (Å²) in [4.78, 5) is 15.1. The lowest BCUT2D eigenvalue weighted by molar-refractivity contribution is 0.0901. The van der Waals surface area contributed by atoms with Gasteiger partial charge >= 0.3 is 0 Å². The molecule has 0 aliphatic carbocycles. The molecule has 0 saturated carbocycles. The summed E-state index contributed by atoms with van der Waals surface area (Å²) in [5.41, 5.74) is 5.63. The van der Waals surface area contributed by atoms with Crippen molar-refractivity contribution in [3.8, 4) is 5.69 Å². The molecule has 1 aromatic heterocycles. The van der Waals surface area contributed by atoms with Crippen LogP contribution in [0.1, 0.15) is 32.9 Å². The van der Waals surface area contributed by atoms with Crippen LogP contribution in [0.15, 0.2) is 60.7 Å². The number of Topliss-reactive ketones (excluding diaryl/α,β-unsaturated/α-hetero) is 1. The van der Waals surface area contributed by atoms with Gasteiger partial charge in [0.25, 0.3) is 0 Å². The molecule has 7 heteroatoms. The molecule has 0 bridgehead atoms. The zero-order valence-electron chi connectivity index (χ0n) is 19.5. The van der Waals surface area contributed by atoms with Gasteiger partial charge in [-0.25, -0.2) is 8.42 Å². The molecule has 6 nitrogen and oxygen atoms in total. The third-order valence-corrected chi connectivity index (χ3v) is 8.16. The molecule has 0 radical (unpaired) electrons. The number of aromatic nitrogens is 1. The van der Waals surface area contributed by atoms with Gasteiger partial charge in [-0.3, -0.25) is 9.69 Å². The number of aryl methyl sites for hydroxylation is 2. The van der Waals surface area contributed by atoms with Gasteiger partial charge in [-0.1, -0.05) is 48.0 Å². The fourth-order valence-electron chi connectivity index (χ4n) is 4.46. The normalized spacial score (nSPS) is 15.6. The second-order valence-corrected chi connectivity index (χ2v) is 10.8. The Morgan fingerprint density at radius 1 is 0.879 bits per heavy atom. The van der Waals surface area contributed by atoms with Crippen molar-refractivity contribution in [3.05, 3.63) is 88.7 Å². The minimum absolute atomic E-state index is 0.0116. The van der Waals surface area contributed by atoms with E-state index in [1.165, 1.54) is 0 Å². The molecule has 2 aromatic carbocycles. The summed E-state index contributed by atoms with van der Waals surface area (Å²) in [7, 11) is -3.37. The summed E-state index contributed by atoms with van der Waals surface area (Å²) in [6, 6.07) is 19.6. The van der Waals surface area contributed by atoms with Gasteiger partial charge in [0.2, 0.25) is 10.0 Å². The Morgan fingerprint density at radius 3 is 2.15 bits per heavy atom. The number of para-hydroxylation sites is 1. The van der Waals surface area contributed by atoms with Crippen molar-refractivity contribution < 1.29 is 13.2 Å². The number of hydrogen-bond donors (Lipinski definition) is 0. The summed E-state index contributed by atoms with van der Waals surface area (Å²) >= 11 is 0. The van der Waals surface area contributed by atoms with Crippen LogP contribution in [0.25, 0.3) is 5.69 Å². The van der Waals surface area contributed by atoms with Gasteiger partial charge in [0.1, 0.15) is 0 Å². The van der Waals surface area contributed by atoms with Crippen LogP contribution in [0.3, 0.4) is 0 Å². The summed E-state index contributed by atoms with van der Waals surface area (Å²) in [5.74, 6) is 0.0822. The molecule has 33 heavy (non-hydrogen) atoms. The molecule has 0 atom stereocenters. The second kappa shape index (κ2) is 9.63. The third-order valence-electron chi connectivity index (χ3n) is 6.31. The van der Waals surface area contributed by atoms with E-state index in [0.29, 0.717) is 32.7 Å². The zero-order valence-corrected chi connectivity index (χ0v) is 20.3. The molecule has 0 amide bonds. The molecule has 174 valence electrons. The maximum Gasteiger partial charge on any atom is 0.218 e. The lowest BCUT2D eigenvalue weighted by atomic mass is 10.1. The highest BCUT2D eigenvalue weighted by Crippen LogP contribution is 2.22. The molecule has 0 unspecified atom stereocenters. The number of carbonyl (C=O) groups excluding carboxylic acids is 1. The van der Waals surface area contributed by atoms with E-state index in [1.807, 2.05) is 81.4 Å². The molecule has 0 N–H and O–H groups in total. The lowest BCUT2D eigenvalue weighted by Gasteiger charge is -2.33. The predicted molar refractivity (Wildman–Crippen MR) is 131 cm³/mol. The van der Waals surface area contributed by atoms with Crippen molar-refractivity contribution in [2.45, 2.75) is 26.5 Å². The summed E-state index contributed by atoms with van der Waals surface area (Å²) in [6.07, 6.45) is 0. The van der Waals surface area contributed by atoms with Crippen molar-refractivity contribution in [2.75, 3.05) is 32.7 Å². The number of rotatable bonds is 7. The average molecular weight is 466 g/mol. The van der Waals surface area contributed by atoms with E-state index in [1.54, 1.807) is 4.31 Å². The first kappa shape index (κ1) is 23.4. The topological polar surface area (TPSA) is 62.6 Å². The van der Waals surface area contributed by atoms with E-state index >= 15 is 0 Å². The number of ketones is 1. The van der Waals surface area contributed by atoms with E-state index in [9.17, 15) is 13.2 Å². The van der Waals surface area contributed by atoms with Gasteiger partial charge in [0.05, 0.1) is 12.3 Å². The van der Waals surface area contributed by atoms with Crippen LogP contribution < -0.4 is 0 Å². The number of piperazine rings is 1. The fraction of sp³-hybridized carbons (Fsp3) is 0.346. The minimum Gasteiger partial charge on any atom is -0.318 e. The van der Waals surface area contributed by atoms with Crippen molar-refractivity contribution in [2.24, 2.45) is 0 Å². The molecular weight excluding hydrogens is 434 g/mol. The van der Waals surface area contributed by atoms with Gasteiger partial charge in [0.15, 0.2) is 5.78 Å². The van der Waals surface area contributed by atoms with Gasteiger partial charge < -0.3 is 4.57 Å². The monoisotopic (exact) mass is 465 g/mol. The van der Waals surface area contributed by atoms with Crippen LogP contribution in [0.4, 0.5) is 0 Å². The van der Waals surface area contributed by atoms with Gasteiger partial charge in [-0.2, -0.15) is 4.31 Å². The van der Waals surface area contributed by atoms with Crippen LogP contribution in [0.2, 0.25) is 0 Å². The number of nitrogens with zero attached hydrogens (tertiary/aromatic N) is 3. The number of hydrogen-bond acceptors (Lipinski definition) is 4. The number of benzene rings is 2. The minimum atomic E-state index is -3.37. The Hall–Kier alpha value is -2.74. The summed E-state index contributed by atoms with van der Waals surface area (Å²) < 4.78 is 29.3. The Kier molecular flexibility index (Phi) is 6.83. The molecular formula is C26H31N3O3S. The molecule has 2 heterocycles. The Morgan fingerprint density at radius 2 is 1.52 bits per heavy atom. The Labute approximate surface area is 196 Å². The van der Waals surface area contributed by atoms with E-state index in [4.69, 9.17) is 0 Å². The zero-order chi connectivity index (χ0) is 23.6. The maximum absolute atomic E-state index is 13.1. The second-order valence-electron chi connectivity index (χ2n) is 8.80. The highest BCUT2D eigenvalue weighted by molar-refractivity contribution is 7.88. The van der Waals surface area contributed by atoms with Crippen LogP contribution in [-0.4, -0.2) is 60.7 Å². The largest absolute Gasteiger partial charge is 0.318 e. The van der Waals surface area contributed by atoms with E-state index in [2.05, 4.69) is 9.47 Å². The molecule has 1 aliphatic heterocycles. The standard InChI is InChI=1S/C26H31N3O3S/c1-20-9-11-23(12-10-20)19-33(31,32)28-15-13-27(14-16-28)18-26(30)25-17-21(2)29(22(25)3)24-7-5-4-6-8-24/h4-12,17H,13-16,18-19H2,1-3H3. The van der Waals surface area contributed by atoms with Gasteiger partial charge in [0, 0.05) is 48.8 Å². The van der Waals surface area contributed by atoms with Crippen LogP contribution in [0, 0.1) is 20.8 Å². The van der Waals surface area contributed by atoms with Crippen molar-refractivity contribution >= 4 is 15.8 Å². The van der Waals surface area contributed by atoms with Gasteiger partial charge in [-0.15, -0.1) is 0 Å². The fourth-order valence-corrected chi connectivity index (χ4v) is 5.98. The third kappa shape index (κ3) is 5.27.